The molecule has 0 atom stereocenters. The van der Waals surface area contributed by atoms with Crippen molar-refractivity contribution >= 4 is 17.8 Å². The van der Waals surface area contributed by atoms with Crippen molar-refractivity contribution in [2.24, 2.45) is 0 Å². The maximum atomic E-state index is 12.6. The van der Waals surface area contributed by atoms with Crippen molar-refractivity contribution in [3.63, 3.8) is 0 Å². The quantitative estimate of drug-likeness (QED) is 0.364. The number of fused-ring (bicyclic) bond motifs is 1. The van der Waals surface area contributed by atoms with E-state index in [0.717, 1.165) is 16.7 Å². The highest BCUT2D eigenvalue weighted by atomic mass is 16.5. The zero-order valence-electron chi connectivity index (χ0n) is 15.6. The summed E-state index contributed by atoms with van der Waals surface area (Å²) in [7, 11) is 0. The molecule has 0 spiro atoms. The number of Topliss-reactive ketones (excluding diaryl/α,β-unsaturated/α-hetero) is 1. The second-order valence-electron chi connectivity index (χ2n) is 6.71. The molecule has 4 nitrogen and oxygen atoms in total. The predicted octanol–water partition coefficient (Wildman–Crippen LogP) is 5.14. The Morgan fingerprint density at radius 2 is 1.71 bits per heavy atom. The van der Waals surface area contributed by atoms with Crippen molar-refractivity contribution in [1.29, 1.82) is 0 Å². The van der Waals surface area contributed by atoms with E-state index in [9.17, 15) is 9.59 Å². The highest BCUT2D eigenvalue weighted by Crippen LogP contribution is 2.35. The van der Waals surface area contributed by atoms with Gasteiger partial charge < -0.3 is 9.47 Å². The molecule has 0 N–H and O–H groups in total. The molecular formula is C24H18O4. The molecule has 0 saturated heterocycles. The monoisotopic (exact) mass is 370 g/mol. The summed E-state index contributed by atoms with van der Waals surface area (Å²) in [4.78, 5) is 25.0. The lowest BCUT2D eigenvalue weighted by Crippen LogP contribution is -2.10. The van der Waals surface area contributed by atoms with Crippen molar-refractivity contribution in [1.82, 2.24) is 0 Å². The first kappa shape index (κ1) is 17.7. The van der Waals surface area contributed by atoms with Crippen LogP contribution in [0.2, 0.25) is 0 Å². The summed E-state index contributed by atoms with van der Waals surface area (Å²) < 4.78 is 11.2. The van der Waals surface area contributed by atoms with Crippen LogP contribution in [0, 0.1) is 13.8 Å². The summed E-state index contributed by atoms with van der Waals surface area (Å²) >= 11 is 0. The minimum absolute atomic E-state index is 0.188. The Morgan fingerprint density at radius 3 is 2.46 bits per heavy atom. The number of allylic oxidation sites excluding steroid dienone is 1. The number of esters is 1. The van der Waals surface area contributed by atoms with Crippen LogP contribution < -0.4 is 9.47 Å². The van der Waals surface area contributed by atoms with Crippen molar-refractivity contribution in [2.75, 3.05) is 0 Å². The number of ketones is 1. The van der Waals surface area contributed by atoms with Crippen molar-refractivity contribution < 1.29 is 19.1 Å². The number of hydrogen-bond donors (Lipinski definition) is 0. The zero-order valence-corrected chi connectivity index (χ0v) is 15.6. The molecule has 3 aromatic rings. The second-order valence-corrected chi connectivity index (χ2v) is 6.71. The zero-order chi connectivity index (χ0) is 19.7. The Morgan fingerprint density at radius 1 is 0.964 bits per heavy atom. The van der Waals surface area contributed by atoms with Crippen LogP contribution in [-0.2, 0) is 0 Å². The largest absolute Gasteiger partial charge is 0.452 e. The van der Waals surface area contributed by atoms with E-state index in [1.807, 2.05) is 50.2 Å². The summed E-state index contributed by atoms with van der Waals surface area (Å²) in [5.74, 6) is 0.334. The molecule has 138 valence electrons. The van der Waals surface area contributed by atoms with Gasteiger partial charge in [0, 0.05) is 6.07 Å². The third kappa shape index (κ3) is 3.45. The maximum Gasteiger partial charge on any atom is 0.343 e. The molecule has 0 amide bonds. The molecule has 1 aliphatic heterocycles. The molecule has 1 heterocycles. The van der Waals surface area contributed by atoms with E-state index in [4.69, 9.17) is 9.47 Å². The number of carbonyl (C=O) groups is 2. The number of benzene rings is 3. The lowest BCUT2D eigenvalue weighted by molar-refractivity contribution is 0.0733. The van der Waals surface area contributed by atoms with Crippen LogP contribution in [0.5, 0.6) is 11.5 Å². The number of ether oxygens (including phenoxy) is 2. The lowest BCUT2D eigenvalue weighted by atomic mass is 10.1. The van der Waals surface area contributed by atoms with Crippen LogP contribution in [-0.4, -0.2) is 11.8 Å². The number of carbonyl (C=O) groups excluding carboxylic acids is 2. The van der Waals surface area contributed by atoms with Gasteiger partial charge in [-0.1, -0.05) is 48.0 Å². The van der Waals surface area contributed by atoms with E-state index in [1.165, 1.54) is 0 Å². The summed E-state index contributed by atoms with van der Waals surface area (Å²) in [5.41, 5.74) is 3.81. The van der Waals surface area contributed by atoms with E-state index >= 15 is 0 Å². The van der Waals surface area contributed by atoms with E-state index in [0.29, 0.717) is 22.6 Å². The van der Waals surface area contributed by atoms with Crippen LogP contribution in [0.4, 0.5) is 0 Å². The minimum atomic E-state index is -0.446. The summed E-state index contributed by atoms with van der Waals surface area (Å²) in [5, 5.41) is 0. The fourth-order valence-corrected chi connectivity index (χ4v) is 3.01. The highest BCUT2D eigenvalue weighted by molar-refractivity contribution is 6.14. The van der Waals surface area contributed by atoms with Gasteiger partial charge in [0.05, 0.1) is 11.1 Å². The Labute approximate surface area is 163 Å². The average Bonchev–Trinajstić information content (AvgIpc) is 2.99. The first-order valence-corrected chi connectivity index (χ1v) is 8.94. The normalized spacial score (nSPS) is 13.9. The minimum Gasteiger partial charge on any atom is -0.452 e. The van der Waals surface area contributed by atoms with Crippen molar-refractivity contribution in [2.45, 2.75) is 13.8 Å². The summed E-state index contributed by atoms with van der Waals surface area (Å²) in [6.45, 7) is 3.85. The first-order valence-electron chi connectivity index (χ1n) is 8.94. The Kier molecular flexibility index (Phi) is 4.53. The molecule has 4 heteroatoms. The molecule has 0 bridgehead atoms. The third-order valence-electron chi connectivity index (χ3n) is 4.59. The summed E-state index contributed by atoms with van der Waals surface area (Å²) in [6, 6.07) is 19.8. The van der Waals surface area contributed by atoms with Crippen LogP contribution in [0.25, 0.3) is 6.08 Å². The lowest BCUT2D eigenvalue weighted by Gasteiger charge is -2.07. The summed E-state index contributed by atoms with van der Waals surface area (Å²) in [6.07, 6.45) is 1.71. The molecule has 0 aliphatic carbocycles. The predicted molar refractivity (Wildman–Crippen MR) is 107 cm³/mol. The van der Waals surface area contributed by atoms with E-state index < -0.39 is 5.97 Å². The van der Waals surface area contributed by atoms with Crippen molar-refractivity contribution in [3.05, 3.63) is 100 Å². The van der Waals surface area contributed by atoms with Gasteiger partial charge in [0.25, 0.3) is 0 Å². The third-order valence-corrected chi connectivity index (χ3v) is 4.59. The van der Waals surface area contributed by atoms with E-state index in [1.54, 1.807) is 36.4 Å². The van der Waals surface area contributed by atoms with Crippen LogP contribution >= 0.6 is 0 Å². The maximum absolute atomic E-state index is 12.6. The van der Waals surface area contributed by atoms with Gasteiger partial charge >= 0.3 is 5.97 Å². The molecular weight excluding hydrogens is 352 g/mol. The molecule has 0 saturated carbocycles. The highest BCUT2D eigenvalue weighted by Gasteiger charge is 2.28. The Bertz CT molecular complexity index is 1110. The van der Waals surface area contributed by atoms with E-state index in [-0.39, 0.29) is 11.5 Å². The van der Waals surface area contributed by atoms with Crippen LogP contribution in [0.3, 0.4) is 0 Å². The fourth-order valence-electron chi connectivity index (χ4n) is 3.01. The van der Waals surface area contributed by atoms with Gasteiger partial charge in [0.2, 0.25) is 5.78 Å². The molecule has 0 aromatic heterocycles. The van der Waals surface area contributed by atoms with Crippen LogP contribution in [0.15, 0.2) is 72.5 Å². The Hall–Kier alpha value is -3.66. The molecule has 28 heavy (non-hydrogen) atoms. The smallest absolute Gasteiger partial charge is 0.343 e. The molecule has 4 rings (SSSR count). The molecule has 0 unspecified atom stereocenters. The van der Waals surface area contributed by atoms with Gasteiger partial charge in [-0.05, 0) is 49.2 Å². The first-order chi connectivity index (χ1) is 13.5. The van der Waals surface area contributed by atoms with Crippen LogP contribution in [0.1, 0.15) is 37.4 Å². The van der Waals surface area contributed by atoms with Gasteiger partial charge in [-0.3, -0.25) is 4.79 Å². The average molecular weight is 370 g/mol. The SMILES string of the molecule is Cc1ccc(/C=C2\Oc3cc(OC(=O)c4ccccc4C)ccc3C2=O)cc1. The van der Waals surface area contributed by atoms with E-state index in [2.05, 4.69) is 0 Å². The molecule has 0 fully saturated rings. The van der Waals surface area contributed by atoms with Gasteiger partial charge in [0.15, 0.2) is 5.76 Å². The van der Waals surface area contributed by atoms with Gasteiger partial charge in [0.1, 0.15) is 11.5 Å². The Balaban J connectivity index is 1.56. The topological polar surface area (TPSA) is 52.6 Å². The van der Waals surface area contributed by atoms with Gasteiger partial charge in [-0.25, -0.2) is 4.79 Å². The van der Waals surface area contributed by atoms with Gasteiger partial charge in [-0.15, -0.1) is 0 Å². The molecule has 3 aromatic carbocycles. The number of aryl methyl sites for hydroxylation is 2. The molecule has 1 aliphatic rings. The fraction of sp³-hybridized carbons (Fsp3) is 0.0833. The van der Waals surface area contributed by atoms with Gasteiger partial charge in [-0.2, -0.15) is 0 Å². The standard InChI is InChI=1S/C24H18O4/c1-15-7-9-17(10-8-15)13-22-23(25)20-12-11-18(14-21(20)28-22)27-24(26)19-6-4-3-5-16(19)2/h3-14H,1-2H3/b22-13-. The van der Waals surface area contributed by atoms with Crippen molar-refractivity contribution in [3.8, 4) is 11.5 Å². The number of rotatable bonds is 3. The molecule has 0 radical (unpaired) electrons. The second kappa shape index (κ2) is 7.16. The number of hydrogen-bond acceptors (Lipinski definition) is 4.